The van der Waals surface area contributed by atoms with Crippen molar-refractivity contribution in [3.8, 4) is 5.75 Å². The van der Waals surface area contributed by atoms with Crippen molar-refractivity contribution in [2.75, 3.05) is 0 Å². The normalized spacial score (nSPS) is 15.2. The Labute approximate surface area is 107 Å². The molecule has 0 radical (unpaired) electrons. The minimum absolute atomic E-state index is 0.0648. The second kappa shape index (κ2) is 5.21. The summed E-state index contributed by atoms with van der Waals surface area (Å²) in [5, 5.41) is 5.73. The number of carbonyl (C=O) groups is 1. The van der Waals surface area contributed by atoms with Gasteiger partial charge in [-0.2, -0.15) is 5.10 Å². The van der Waals surface area contributed by atoms with Crippen LogP contribution in [-0.4, -0.2) is 22.7 Å². The second-order valence-corrected chi connectivity index (χ2v) is 4.77. The van der Waals surface area contributed by atoms with E-state index in [9.17, 15) is 4.79 Å². The van der Waals surface area contributed by atoms with Crippen LogP contribution >= 0.6 is 0 Å². The van der Waals surface area contributed by atoms with Crippen molar-refractivity contribution < 1.29 is 9.53 Å². The molecule has 18 heavy (non-hydrogen) atoms. The summed E-state index contributed by atoms with van der Waals surface area (Å²) in [5.74, 6) is 0.913. The van der Waals surface area contributed by atoms with Crippen molar-refractivity contribution in [1.82, 2.24) is 5.01 Å². The third-order valence-electron chi connectivity index (χ3n) is 2.61. The van der Waals surface area contributed by atoms with E-state index in [1.165, 1.54) is 5.01 Å². The summed E-state index contributed by atoms with van der Waals surface area (Å²) in [6.07, 6.45) is 0.609. The molecule has 1 aliphatic rings. The van der Waals surface area contributed by atoms with Gasteiger partial charge >= 0.3 is 0 Å². The number of rotatable bonds is 4. The molecule has 1 heterocycles. The molecule has 0 saturated heterocycles. The molecule has 4 nitrogen and oxygen atoms in total. The zero-order chi connectivity index (χ0) is 13.1. The maximum absolute atomic E-state index is 11.6. The lowest BCUT2D eigenvalue weighted by molar-refractivity contribution is -0.129. The molecular weight excluding hydrogens is 228 g/mol. The highest BCUT2D eigenvalue weighted by Gasteiger charge is 2.20. The quantitative estimate of drug-likeness (QED) is 0.819. The lowest BCUT2D eigenvalue weighted by atomic mass is 10.2. The van der Waals surface area contributed by atoms with Gasteiger partial charge in [0.05, 0.1) is 19.1 Å². The fourth-order valence-corrected chi connectivity index (χ4v) is 1.85. The Morgan fingerprint density at radius 3 is 2.50 bits per heavy atom. The summed E-state index contributed by atoms with van der Waals surface area (Å²) in [5.41, 5.74) is 1.93. The van der Waals surface area contributed by atoms with Gasteiger partial charge in [-0.3, -0.25) is 4.79 Å². The smallest absolute Gasteiger partial charge is 0.248 e. The molecule has 2 rings (SSSR count). The number of ether oxygens (including phenoxy) is 1. The highest BCUT2D eigenvalue weighted by Crippen LogP contribution is 2.17. The second-order valence-electron chi connectivity index (χ2n) is 4.77. The van der Waals surface area contributed by atoms with Gasteiger partial charge in [-0.15, -0.1) is 0 Å². The van der Waals surface area contributed by atoms with E-state index in [2.05, 4.69) is 5.10 Å². The first kappa shape index (κ1) is 12.6. The molecule has 0 fully saturated rings. The number of amides is 1. The summed E-state index contributed by atoms with van der Waals surface area (Å²) < 4.78 is 5.57. The van der Waals surface area contributed by atoms with E-state index in [4.69, 9.17) is 4.74 Å². The van der Waals surface area contributed by atoms with E-state index in [-0.39, 0.29) is 12.0 Å². The topological polar surface area (TPSA) is 41.9 Å². The highest BCUT2D eigenvalue weighted by atomic mass is 16.5. The van der Waals surface area contributed by atoms with E-state index in [0.29, 0.717) is 13.0 Å². The maximum Gasteiger partial charge on any atom is 0.248 e. The molecule has 1 aliphatic heterocycles. The van der Waals surface area contributed by atoms with Crippen molar-refractivity contribution in [3.05, 3.63) is 29.8 Å². The van der Waals surface area contributed by atoms with E-state index in [0.717, 1.165) is 17.0 Å². The number of hydrogen-bond acceptors (Lipinski definition) is 3. The van der Waals surface area contributed by atoms with Crippen LogP contribution in [0.5, 0.6) is 5.75 Å². The van der Waals surface area contributed by atoms with Gasteiger partial charge in [0.15, 0.2) is 0 Å². The van der Waals surface area contributed by atoms with Gasteiger partial charge in [-0.05, 0) is 38.5 Å². The van der Waals surface area contributed by atoms with Gasteiger partial charge in [0.1, 0.15) is 5.75 Å². The number of hydrazone groups is 1. The van der Waals surface area contributed by atoms with E-state index >= 15 is 0 Å². The van der Waals surface area contributed by atoms with Crippen LogP contribution in [0.3, 0.4) is 0 Å². The molecule has 0 N–H and O–H groups in total. The molecule has 1 amide bonds. The zero-order valence-electron chi connectivity index (χ0n) is 11.0. The van der Waals surface area contributed by atoms with Crippen LogP contribution in [-0.2, 0) is 11.3 Å². The third-order valence-corrected chi connectivity index (χ3v) is 2.61. The highest BCUT2D eigenvalue weighted by molar-refractivity contribution is 6.03. The maximum atomic E-state index is 11.6. The SMILES string of the molecule is CC1=NN(Cc2ccc(OC(C)C)cc2)C(=O)C1. The fraction of sp³-hybridized carbons (Fsp3) is 0.429. The van der Waals surface area contributed by atoms with Gasteiger partial charge in [0, 0.05) is 5.71 Å². The molecule has 96 valence electrons. The Morgan fingerprint density at radius 1 is 1.33 bits per heavy atom. The first-order chi connectivity index (χ1) is 8.54. The van der Waals surface area contributed by atoms with Crippen LogP contribution in [0.2, 0.25) is 0 Å². The van der Waals surface area contributed by atoms with Crippen LogP contribution in [0.4, 0.5) is 0 Å². The molecule has 0 atom stereocenters. The Hall–Kier alpha value is -1.84. The summed E-state index contributed by atoms with van der Waals surface area (Å²) in [4.78, 5) is 11.6. The van der Waals surface area contributed by atoms with Crippen LogP contribution in [0, 0.1) is 0 Å². The third kappa shape index (κ3) is 3.09. The van der Waals surface area contributed by atoms with Crippen molar-refractivity contribution in [2.24, 2.45) is 5.10 Å². The zero-order valence-corrected chi connectivity index (χ0v) is 11.0. The lowest BCUT2D eigenvalue weighted by Crippen LogP contribution is -2.20. The molecule has 0 spiro atoms. The van der Waals surface area contributed by atoms with E-state index < -0.39 is 0 Å². The van der Waals surface area contributed by atoms with Gasteiger partial charge < -0.3 is 4.74 Å². The van der Waals surface area contributed by atoms with Crippen LogP contribution in [0.15, 0.2) is 29.4 Å². The Morgan fingerprint density at radius 2 is 2.00 bits per heavy atom. The Kier molecular flexibility index (Phi) is 3.65. The van der Waals surface area contributed by atoms with E-state index in [1.54, 1.807) is 0 Å². The summed E-state index contributed by atoms with van der Waals surface area (Å²) in [6, 6.07) is 7.78. The molecule has 4 heteroatoms. The van der Waals surface area contributed by atoms with Gasteiger partial charge in [0.2, 0.25) is 5.91 Å². The van der Waals surface area contributed by atoms with Gasteiger partial charge in [-0.1, -0.05) is 12.1 Å². The minimum Gasteiger partial charge on any atom is -0.491 e. The number of carbonyl (C=O) groups excluding carboxylic acids is 1. The summed E-state index contributed by atoms with van der Waals surface area (Å²) >= 11 is 0. The summed E-state index contributed by atoms with van der Waals surface area (Å²) in [7, 11) is 0. The van der Waals surface area contributed by atoms with Crippen molar-refractivity contribution in [3.63, 3.8) is 0 Å². The first-order valence-electron chi connectivity index (χ1n) is 6.14. The molecule has 0 saturated carbocycles. The van der Waals surface area contributed by atoms with Gasteiger partial charge in [0.25, 0.3) is 0 Å². The number of nitrogens with zero attached hydrogens (tertiary/aromatic N) is 2. The van der Waals surface area contributed by atoms with Gasteiger partial charge in [-0.25, -0.2) is 5.01 Å². The lowest BCUT2D eigenvalue weighted by Gasteiger charge is -2.13. The molecule has 1 aromatic rings. The van der Waals surface area contributed by atoms with Crippen molar-refractivity contribution in [2.45, 2.75) is 39.8 Å². The average molecular weight is 246 g/mol. The molecular formula is C14H18N2O2. The number of benzene rings is 1. The largest absolute Gasteiger partial charge is 0.491 e. The molecule has 0 unspecified atom stereocenters. The predicted molar refractivity (Wildman–Crippen MR) is 70.5 cm³/mol. The van der Waals surface area contributed by atoms with E-state index in [1.807, 2.05) is 45.0 Å². The molecule has 0 aliphatic carbocycles. The molecule has 1 aromatic carbocycles. The van der Waals surface area contributed by atoms with Crippen LogP contribution in [0.1, 0.15) is 32.8 Å². The fourth-order valence-electron chi connectivity index (χ4n) is 1.85. The monoisotopic (exact) mass is 246 g/mol. The van der Waals surface area contributed by atoms with Crippen molar-refractivity contribution >= 4 is 11.6 Å². The standard InChI is InChI=1S/C14H18N2O2/c1-10(2)18-13-6-4-12(5-7-13)9-16-14(17)8-11(3)15-16/h4-7,10H,8-9H2,1-3H3. The Bertz CT molecular complexity index is 463. The first-order valence-corrected chi connectivity index (χ1v) is 6.14. The van der Waals surface area contributed by atoms with Crippen LogP contribution in [0.25, 0.3) is 0 Å². The van der Waals surface area contributed by atoms with Crippen molar-refractivity contribution in [1.29, 1.82) is 0 Å². The summed E-state index contributed by atoms with van der Waals surface area (Å²) in [6.45, 7) is 6.39. The Balaban J connectivity index is 2.00. The molecule has 0 aromatic heterocycles. The predicted octanol–water partition coefficient (Wildman–Crippen LogP) is 2.58. The number of hydrogen-bond donors (Lipinski definition) is 0. The molecule has 0 bridgehead atoms. The minimum atomic E-state index is 0.0648. The average Bonchev–Trinajstić information content (AvgIpc) is 2.59. The van der Waals surface area contributed by atoms with Crippen LogP contribution < -0.4 is 4.74 Å².